The van der Waals surface area contributed by atoms with Crippen LogP contribution in [0.5, 0.6) is 0 Å². The van der Waals surface area contributed by atoms with E-state index in [9.17, 15) is 5.11 Å². The number of rotatable bonds is 11. The summed E-state index contributed by atoms with van der Waals surface area (Å²) in [6.07, 6.45) is 12.2. The van der Waals surface area contributed by atoms with Crippen molar-refractivity contribution in [3.05, 3.63) is 11.8 Å². The van der Waals surface area contributed by atoms with Gasteiger partial charge in [0, 0.05) is 0 Å². The van der Waals surface area contributed by atoms with Crippen LogP contribution in [0.15, 0.2) is 11.8 Å². The molecule has 0 saturated heterocycles. The zero-order valence-corrected chi connectivity index (χ0v) is 11.0. The molecule has 0 bridgehead atoms. The Balaban J connectivity index is 3.20. The average molecular weight is 227 g/mol. The van der Waals surface area contributed by atoms with Crippen molar-refractivity contribution in [1.82, 2.24) is 0 Å². The summed E-state index contributed by atoms with van der Waals surface area (Å²) in [7, 11) is 0. The van der Waals surface area contributed by atoms with Crippen LogP contribution < -0.4 is 0 Å². The Morgan fingerprint density at radius 2 is 1.69 bits per heavy atom. The summed E-state index contributed by atoms with van der Waals surface area (Å²) in [4.78, 5) is 0. The van der Waals surface area contributed by atoms with Crippen molar-refractivity contribution in [2.45, 2.75) is 65.2 Å². The minimum Gasteiger partial charge on any atom is -0.499 e. The summed E-state index contributed by atoms with van der Waals surface area (Å²) in [6, 6.07) is 0. The molecule has 2 heteroatoms. The van der Waals surface area contributed by atoms with Crippen molar-refractivity contribution in [1.29, 1.82) is 0 Å². The molecule has 0 amide bonds. The summed E-state index contributed by atoms with van der Waals surface area (Å²) in [6.45, 7) is 4.47. The highest BCUT2D eigenvalue weighted by molar-refractivity contribution is 4.92. The van der Waals surface area contributed by atoms with Gasteiger partial charge in [0.1, 0.15) is 13.2 Å². The molecule has 0 rings (SSSR count). The van der Waals surface area contributed by atoms with Gasteiger partial charge in [0.2, 0.25) is 0 Å². The highest BCUT2D eigenvalue weighted by Gasteiger charge is 1.93. The van der Waals surface area contributed by atoms with Crippen molar-refractivity contribution in [2.24, 2.45) is 0 Å². The third-order valence-electron chi connectivity index (χ3n) is 2.66. The summed E-state index contributed by atoms with van der Waals surface area (Å²) >= 11 is 0. The van der Waals surface area contributed by atoms with Crippen LogP contribution >= 0.6 is 0 Å². The van der Waals surface area contributed by atoms with E-state index in [2.05, 4.69) is 13.8 Å². The van der Waals surface area contributed by atoms with E-state index in [1.54, 1.807) is 6.26 Å². The first-order valence-electron chi connectivity index (χ1n) is 6.66. The molecular formula is C14H27O2. The number of hydrogen-bond donors (Lipinski definition) is 0. The topological polar surface area (TPSA) is 29.1 Å². The molecule has 16 heavy (non-hydrogen) atoms. The van der Waals surface area contributed by atoms with Crippen LogP contribution in [0, 0.1) is 0 Å². The fourth-order valence-electron chi connectivity index (χ4n) is 1.67. The summed E-state index contributed by atoms with van der Waals surface area (Å²) in [5, 5.41) is 10.1. The summed E-state index contributed by atoms with van der Waals surface area (Å²) in [5.74, 6) is 0. The lowest BCUT2D eigenvalue weighted by atomic mass is 10.1. The molecule has 2 nitrogen and oxygen atoms in total. The Bertz CT molecular complexity index is 164. The van der Waals surface area contributed by atoms with Gasteiger partial charge in [-0.25, -0.2) is 5.11 Å². The van der Waals surface area contributed by atoms with Gasteiger partial charge < -0.3 is 4.74 Å². The zero-order chi connectivity index (χ0) is 12.1. The van der Waals surface area contributed by atoms with E-state index in [4.69, 9.17) is 4.74 Å². The molecular weight excluding hydrogens is 200 g/mol. The highest BCUT2D eigenvalue weighted by Crippen LogP contribution is 2.11. The molecule has 95 valence electrons. The SMILES string of the molecule is CCCCCCCCCC(C)=COCC[O]. The predicted molar refractivity (Wildman–Crippen MR) is 67.9 cm³/mol. The fraction of sp³-hybridized carbons (Fsp3) is 0.857. The van der Waals surface area contributed by atoms with Crippen molar-refractivity contribution in [3.8, 4) is 0 Å². The number of allylic oxidation sites excluding steroid dienone is 1. The minimum atomic E-state index is -0.152. The number of unbranched alkanes of at least 4 members (excludes halogenated alkanes) is 6. The molecule has 0 spiro atoms. The predicted octanol–water partition coefficient (Wildman–Crippen LogP) is 4.48. The molecule has 0 aromatic heterocycles. The second kappa shape index (κ2) is 12.6. The fourth-order valence-corrected chi connectivity index (χ4v) is 1.67. The molecule has 0 atom stereocenters. The third kappa shape index (κ3) is 11.6. The third-order valence-corrected chi connectivity index (χ3v) is 2.66. The second-order valence-electron chi connectivity index (χ2n) is 4.41. The first-order valence-corrected chi connectivity index (χ1v) is 6.66. The lowest BCUT2D eigenvalue weighted by molar-refractivity contribution is 0.114. The van der Waals surface area contributed by atoms with Crippen LogP contribution in [-0.2, 0) is 9.84 Å². The highest BCUT2D eigenvalue weighted by atomic mass is 16.5. The molecule has 1 radical (unpaired) electrons. The Morgan fingerprint density at radius 1 is 1.06 bits per heavy atom. The average Bonchev–Trinajstić information content (AvgIpc) is 2.28. The van der Waals surface area contributed by atoms with Gasteiger partial charge in [-0.05, 0) is 25.3 Å². The Kier molecular flexibility index (Phi) is 12.2. The van der Waals surface area contributed by atoms with Gasteiger partial charge in [-0.1, -0.05) is 45.4 Å². The molecule has 0 fully saturated rings. The van der Waals surface area contributed by atoms with E-state index in [-0.39, 0.29) is 6.61 Å². The van der Waals surface area contributed by atoms with Crippen LogP contribution in [0.3, 0.4) is 0 Å². The van der Waals surface area contributed by atoms with Gasteiger partial charge in [-0.3, -0.25) is 0 Å². The normalized spacial score (nSPS) is 11.8. The first-order chi connectivity index (χ1) is 7.81. The van der Waals surface area contributed by atoms with E-state index in [1.165, 1.54) is 50.5 Å². The van der Waals surface area contributed by atoms with Gasteiger partial charge in [-0.2, -0.15) is 0 Å². The maximum Gasteiger partial charge on any atom is 0.116 e. The molecule has 0 N–H and O–H groups in total. The van der Waals surface area contributed by atoms with Crippen LogP contribution in [0.25, 0.3) is 0 Å². The van der Waals surface area contributed by atoms with Crippen molar-refractivity contribution >= 4 is 0 Å². The van der Waals surface area contributed by atoms with Gasteiger partial charge in [0.15, 0.2) is 0 Å². The summed E-state index contributed by atoms with van der Waals surface area (Å²) < 4.78 is 5.08. The lowest BCUT2D eigenvalue weighted by Crippen LogP contribution is -1.92. The van der Waals surface area contributed by atoms with Gasteiger partial charge in [-0.15, -0.1) is 0 Å². The van der Waals surface area contributed by atoms with Crippen molar-refractivity contribution in [3.63, 3.8) is 0 Å². The second-order valence-corrected chi connectivity index (χ2v) is 4.41. The molecule has 0 saturated carbocycles. The number of hydrogen-bond acceptors (Lipinski definition) is 1. The Hall–Kier alpha value is -0.500. The van der Waals surface area contributed by atoms with Crippen LogP contribution in [0.4, 0.5) is 0 Å². The molecule has 0 heterocycles. The quantitative estimate of drug-likeness (QED) is 0.378. The van der Waals surface area contributed by atoms with E-state index < -0.39 is 0 Å². The lowest BCUT2D eigenvalue weighted by Gasteiger charge is -2.03. The molecule has 0 aliphatic carbocycles. The van der Waals surface area contributed by atoms with Gasteiger partial charge in [0.25, 0.3) is 0 Å². The van der Waals surface area contributed by atoms with Crippen molar-refractivity contribution in [2.75, 3.05) is 13.2 Å². The molecule has 0 aromatic rings. The maximum atomic E-state index is 10.1. The monoisotopic (exact) mass is 227 g/mol. The number of ether oxygens (including phenoxy) is 1. The summed E-state index contributed by atoms with van der Waals surface area (Å²) in [5.41, 5.74) is 1.25. The Morgan fingerprint density at radius 3 is 2.31 bits per heavy atom. The zero-order valence-electron chi connectivity index (χ0n) is 11.0. The van der Waals surface area contributed by atoms with Gasteiger partial charge in [0.05, 0.1) is 6.26 Å². The standard InChI is InChI=1S/C14H27O2/c1-3-4-5-6-7-8-9-10-14(2)13-16-12-11-15/h13H,3-12H2,1-2H3. The minimum absolute atomic E-state index is 0.152. The van der Waals surface area contributed by atoms with E-state index in [1.807, 2.05) is 0 Å². The molecule has 0 aliphatic rings. The first kappa shape index (κ1) is 15.5. The van der Waals surface area contributed by atoms with Gasteiger partial charge >= 0.3 is 0 Å². The van der Waals surface area contributed by atoms with E-state index >= 15 is 0 Å². The molecule has 0 aliphatic heterocycles. The smallest absolute Gasteiger partial charge is 0.116 e. The Labute approximate surface area is 101 Å². The van der Waals surface area contributed by atoms with E-state index in [0.717, 1.165) is 6.42 Å². The van der Waals surface area contributed by atoms with Crippen LogP contribution in [-0.4, -0.2) is 13.2 Å². The van der Waals surface area contributed by atoms with Crippen LogP contribution in [0.1, 0.15) is 65.2 Å². The maximum absolute atomic E-state index is 10.1. The molecule has 0 aromatic carbocycles. The van der Waals surface area contributed by atoms with Crippen molar-refractivity contribution < 1.29 is 9.84 Å². The molecule has 0 unspecified atom stereocenters. The van der Waals surface area contributed by atoms with Crippen LogP contribution in [0.2, 0.25) is 0 Å². The largest absolute Gasteiger partial charge is 0.499 e. The van der Waals surface area contributed by atoms with E-state index in [0.29, 0.717) is 6.61 Å².